The largest absolute Gasteiger partial charge is 0.357 e. The molecule has 0 aromatic carbocycles. The van der Waals surface area contributed by atoms with Crippen molar-refractivity contribution in [2.75, 3.05) is 39.3 Å². The maximum absolute atomic E-state index is 11.9. The number of hydrogen-bond acceptors (Lipinski definition) is 5. The first kappa shape index (κ1) is 23.0. The van der Waals surface area contributed by atoms with Gasteiger partial charge in [0.25, 0.3) is 0 Å². The maximum Gasteiger partial charge on any atom is 0.234 e. The second-order valence-electron chi connectivity index (χ2n) is 7.95. The standard InChI is InChI=1S/C22H36N8O/c1-3-12-24-21(31)17-29-15-10-18(11-16-29)26-22(23-4-2)25-13-7-9-20-28-27-19-8-5-6-14-30(19)20/h5-6,8,14,18H,3-4,7,9-13,15-17H2,1-2H3,(H,24,31)(H2,23,25,26). The molecular weight excluding hydrogens is 392 g/mol. The van der Waals surface area contributed by atoms with E-state index in [0.717, 1.165) is 82.3 Å². The van der Waals surface area contributed by atoms with Crippen molar-refractivity contribution in [2.24, 2.45) is 4.99 Å². The van der Waals surface area contributed by atoms with Crippen LogP contribution in [0.25, 0.3) is 5.65 Å². The molecule has 9 heteroatoms. The highest BCUT2D eigenvalue weighted by Gasteiger charge is 2.21. The van der Waals surface area contributed by atoms with Crippen LogP contribution in [0.3, 0.4) is 0 Å². The monoisotopic (exact) mass is 428 g/mol. The molecule has 3 N–H and O–H groups in total. The number of amides is 1. The number of piperidine rings is 1. The molecule has 0 radical (unpaired) electrons. The molecular formula is C22H36N8O. The summed E-state index contributed by atoms with van der Waals surface area (Å²) in [5, 5.41) is 18.4. The zero-order valence-corrected chi connectivity index (χ0v) is 18.8. The molecule has 2 aromatic heterocycles. The zero-order chi connectivity index (χ0) is 21.9. The molecule has 1 aliphatic rings. The fourth-order valence-electron chi connectivity index (χ4n) is 3.76. The normalized spacial score (nSPS) is 15.9. The summed E-state index contributed by atoms with van der Waals surface area (Å²) in [6, 6.07) is 6.31. The first-order valence-corrected chi connectivity index (χ1v) is 11.5. The summed E-state index contributed by atoms with van der Waals surface area (Å²) in [5.41, 5.74) is 0.880. The highest BCUT2D eigenvalue weighted by atomic mass is 16.2. The number of aryl methyl sites for hydroxylation is 1. The summed E-state index contributed by atoms with van der Waals surface area (Å²) < 4.78 is 2.03. The number of carbonyl (C=O) groups is 1. The number of nitrogens with zero attached hydrogens (tertiary/aromatic N) is 5. The van der Waals surface area contributed by atoms with Gasteiger partial charge in [-0.15, -0.1) is 10.2 Å². The number of nitrogens with one attached hydrogen (secondary N) is 3. The smallest absolute Gasteiger partial charge is 0.234 e. The Morgan fingerprint density at radius 1 is 1.19 bits per heavy atom. The fourth-order valence-corrected chi connectivity index (χ4v) is 3.76. The Hall–Kier alpha value is -2.68. The fraction of sp³-hybridized carbons (Fsp3) is 0.636. The highest BCUT2D eigenvalue weighted by Crippen LogP contribution is 2.10. The van der Waals surface area contributed by atoms with Crippen LogP contribution >= 0.6 is 0 Å². The number of hydrogen-bond donors (Lipinski definition) is 3. The van der Waals surface area contributed by atoms with Crippen LogP contribution in [0.4, 0.5) is 0 Å². The van der Waals surface area contributed by atoms with Crippen LogP contribution in [0.2, 0.25) is 0 Å². The number of carbonyl (C=O) groups excluding carboxylic acids is 1. The van der Waals surface area contributed by atoms with E-state index in [9.17, 15) is 4.79 Å². The van der Waals surface area contributed by atoms with Crippen molar-refractivity contribution in [2.45, 2.75) is 52.0 Å². The number of rotatable bonds is 10. The average molecular weight is 429 g/mol. The predicted octanol–water partition coefficient (Wildman–Crippen LogP) is 1.21. The van der Waals surface area contributed by atoms with Gasteiger partial charge < -0.3 is 16.0 Å². The van der Waals surface area contributed by atoms with Crippen molar-refractivity contribution in [3.8, 4) is 0 Å². The van der Waals surface area contributed by atoms with E-state index in [-0.39, 0.29) is 5.91 Å². The van der Waals surface area contributed by atoms with Crippen LogP contribution < -0.4 is 16.0 Å². The van der Waals surface area contributed by atoms with Gasteiger partial charge in [-0.25, -0.2) is 0 Å². The van der Waals surface area contributed by atoms with Crippen molar-refractivity contribution in [3.05, 3.63) is 30.2 Å². The lowest BCUT2D eigenvalue weighted by atomic mass is 10.1. The molecule has 31 heavy (non-hydrogen) atoms. The van der Waals surface area contributed by atoms with E-state index in [1.165, 1.54) is 0 Å². The van der Waals surface area contributed by atoms with Crippen molar-refractivity contribution >= 4 is 17.5 Å². The van der Waals surface area contributed by atoms with Crippen LogP contribution in [0, 0.1) is 0 Å². The Morgan fingerprint density at radius 3 is 2.81 bits per heavy atom. The molecule has 170 valence electrons. The van der Waals surface area contributed by atoms with Gasteiger partial charge in [0.1, 0.15) is 5.82 Å². The van der Waals surface area contributed by atoms with Crippen LogP contribution in [0.5, 0.6) is 0 Å². The Balaban J connectivity index is 1.41. The third-order valence-corrected chi connectivity index (χ3v) is 5.42. The van der Waals surface area contributed by atoms with Crippen LogP contribution in [0.1, 0.15) is 45.4 Å². The Bertz CT molecular complexity index is 841. The molecule has 0 spiro atoms. The molecule has 3 rings (SSSR count). The second kappa shape index (κ2) is 12.2. The van der Waals surface area contributed by atoms with E-state index in [1.54, 1.807) is 0 Å². The summed E-state index contributed by atoms with van der Waals surface area (Å²) >= 11 is 0. The van der Waals surface area contributed by atoms with E-state index in [2.05, 4.69) is 44.9 Å². The molecule has 0 unspecified atom stereocenters. The minimum absolute atomic E-state index is 0.128. The lowest BCUT2D eigenvalue weighted by Crippen LogP contribution is -2.50. The lowest BCUT2D eigenvalue weighted by Gasteiger charge is -2.32. The van der Waals surface area contributed by atoms with Crippen LogP contribution in [-0.4, -0.2) is 76.7 Å². The van der Waals surface area contributed by atoms with Gasteiger partial charge >= 0.3 is 0 Å². The first-order valence-electron chi connectivity index (χ1n) is 11.5. The summed E-state index contributed by atoms with van der Waals surface area (Å²) in [7, 11) is 0. The minimum Gasteiger partial charge on any atom is -0.357 e. The molecule has 1 fully saturated rings. The molecule has 3 heterocycles. The number of pyridine rings is 1. The molecule has 0 bridgehead atoms. The van der Waals surface area contributed by atoms with Gasteiger partial charge in [0.05, 0.1) is 6.54 Å². The Morgan fingerprint density at radius 2 is 2.03 bits per heavy atom. The number of likely N-dealkylation sites (tertiary alicyclic amines) is 1. The van der Waals surface area contributed by atoms with E-state index in [0.29, 0.717) is 12.6 Å². The minimum atomic E-state index is 0.128. The van der Waals surface area contributed by atoms with E-state index in [1.807, 2.05) is 28.8 Å². The summed E-state index contributed by atoms with van der Waals surface area (Å²) in [6.07, 6.45) is 6.75. The van der Waals surface area contributed by atoms with E-state index < -0.39 is 0 Å². The molecule has 1 aliphatic heterocycles. The van der Waals surface area contributed by atoms with Crippen molar-refractivity contribution in [1.82, 2.24) is 35.4 Å². The van der Waals surface area contributed by atoms with Crippen molar-refractivity contribution in [3.63, 3.8) is 0 Å². The van der Waals surface area contributed by atoms with Gasteiger partial charge in [-0.3, -0.25) is 19.1 Å². The third kappa shape index (κ3) is 7.20. The quantitative estimate of drug-likeness (QED) is 0.299. The lowest BCUT2D eigenvalue weighted by molar-refractivity contribution is -0.122. The van der Waals surface area contributed by atoms with Gasteiger partial charge in [0, 0.05) is 51.4 Å². The number of fused-ring (bicyclic) bond motifs is 1. The van der Waals surface area contributed by atoms with Gasteiger partial charge in [0.15, 0.2) is 11.6 Å². The summed E-state index contributed by atoms with van der Waals surface area (Å²) in [6.45, 7) is 8.82. The second-order valence-corrected chi connectivity index (χ2v) is 7.95. The zero-order valence-electron chi connectivity index (χ0n) is 18.8. The van der Waals surface area contributed by atoms with Gasteiger partial charge in [-0.2, -0.15) is 0 Å². The SMILES string of the molecule is CCCNC(=O)CN1CCC(NC(=NCCCc2nnc3ccccn23)NCC)CC1. The molecule has 1 amide bonds. The molecule has 0 atom stereocenters. The molecule has 0 saturated carbocycles. The molecule has 2 aromatic rings. The Labute approximate surface area is 184 Å². The first-order chi connectivity index (χ1) is 15.2. The van der Waals surface area contributed by atoms with Gasteiger partial charge in [-0.1, -0.05) is 13.0 Å². The van der Waals surface area contributed by atoms with E-state index in [4.69, 9.17) is 4.99 Å². The van der Waals surface area contributed by atoms with Gasteiger partial charge in [0.2, 0.25) is 5.91 Å². The summed E-state index contributed by atoms with van der Waals surface area (Å²) in [5.74, 6) is 1.97. The number of guanidine groups is 1. The molecule has 1 saturated heterocycles. The van der Waals surface area contributed by atoms with Gasteiger partial charge in [-0.05, 0) is 44.7 Å². The van der Waals surface area contributed by atoms with Crippen LogP contribution in [0.15, 0.2) is 29.4 Å². The van der Waals surface area contributed by atoms with Crippen molar-refractivity contribution < 1.29 is 4.79 Å². The average Bonchev–Trinajstić information content (AvgIpc) is 3.20. The number of aromatic nitrogens is 3. The highest BCUT2D eigenvalue weighted by molar-refractivity contribution is 5.80. The number of aliphatic imine (C=N–C) groups is 1. The van der Waals surface area contributed by atoms with Crippen LogP contribution in [-0.2, 0) is 11.2 Å². The topological polar surface area (TPSA) is 99.0 Å². The molecule has 9 nitrogen and oxygen atoms in total. The van der Waals surface area contributed by atoms with Crippen molar-refractivity contribution in [1.29, 1.82) is 0 Å². The third-order valence-electron chi connectivity index (χ3n) is 5.42. The predicted molar refractivity (Wildman–Crippen MR) is 123 cm³/mol. The van der Waals surface area contributed by atoms with E-state index >= 15 is 0 Å². The maximum atomic E-state index is 11.9. The summed E-state index contributed by atoms with van der Waals surface area (Å²) in [4.78, 5) is 18.9. The Kier molecular flexibility index (Phi) is 9.08. The molecule has 0 aliphatic carbocycles.